The Morgan fingerprint density at radius 1 is 1.41 bits per heavy atom. The molecule has 0 saturated heterocycles. The standard InChI is InChI=1S/C11H10ClFN4/c1-6-2-3-7(4-8(6)12)16-10-9(13)5-15-11(14)17-10/h2-5H,1H3,(H3,14,15,16,17). The van der Waals surface area contributed by atoms with Crippen molar-refractivity contribution < 1.29 is 4.39 Å². The highest BCUT2D eigenvalue weighted by Gasteiger charge is 2.06. The van der Waals surface area contributed by atoms with Crippen LogP contribution in [-0.2, 0) is 0 Å². The Hall–Kier alpha value is -1.88. The van der Waals surface area contributed by atoms with Gasteiger partial charge in [0.2, 0.25) is 5.95 Å². The number of aryl methyl sites for hydroxylation is 1. The Morgan fingerprint density at radius 3 is 2.88 bits per heavy atom. The predicted octanol–water partition coefficient (Wildman–Crippen LogP) is 2.90. The molecule has 0 amide bonds. The minimum absolute atomic E-state index is 0.00658. The Bertz CT molecular complexity index is 559. The summed E-state index contributed by atoms with van der Waals surface area (Å²) in [5.41, 5.74) is 6.96. The van der Waals surface area contributed by atoms with Gasteiger partial charge >= 0.3 is 0 Å². The summed E-state index contributed by atoms with van der Waals surface area (Å²) < 4.78 is 13.4. The van der Waals surface area contributed by atoms with Crippen LogP contribution in [0.15, 0.2) is 24.4 Å². The lowest BCUT2D eigenvalue weighted by Gasteiger charge is -2.08. The quantitative estimate of drug-likeness (QED) is 0.863. The summed E-state index contributed by atoms with van der Waals surface area (Å²) in [5, 5.41) is 3.39. The van der Waals surface area contributed by atoms with Gasteiger partial charge in [0.15, 0.2) is 11.6 Å². The van der Waals surface area contributed by atoms with E-state index >= 15 is 0 Å². The van der Waals surface area contributed by atoms with Crippen molar-refractivity contribution in [2.75, 3.05) is 11.1 Å². The molecule has 2 aromatic rings. The Labute approximate surface area is 103 Å². The third-order valence-electron chi connectivity index (χ3n) is 2.20. The van der Waals surface area contributed by atoms with Crippen molar-refractivity contribution in [2.24, 2.45) is 0 Å². The maximum atomic E-state index is 13.4. The van der Waals surface area contributed by atoms with Crippen LogP contribution in [0.5, 0.6) is 0 Å². The molecule has 0 aliphatic heterocycles. The van der Waals surface area contributed by atoms with E-state index in [0.29, 0.717) is 10.7 Å². The highest BCUT2D eigenvalue weighted by molar-refractivity contribution is 6.31. The lowest BCUT2D eigenvalue weighted by Crippen LogP contribution is -2.02. The summed E-state index contributed by atoms with van der Waals surface area (Å²) in [7, 11) is 0. The Morgan fingerprint density at radius 2 is 2.18 bits per heavy atom. The van der Waals surface area contributed by atoms with Gasteiger partial charge in [-0.25, -0.2) is 9.37 Å². The van der Waals surface area contributed by atoms with Crippen molar-refractivity contribution in [3.05, 3.63) is 40.8 Å². The van der Waals surface area contributed by atoms with Gasteiger partial charge in [0.05, 0.1) is 6.20 Å². The number of rotatable bonds is 2. The summed E-state index contributed by atoms with van der Waals surface area (Å²) >= 11 is 5.96. The minimum Gasteiger partial charge on any atom is -0.368 e. The van der Waals surface area contributed by atoms with Crippen molar-refractivity contribution in [2.45, 2.75) is 6.92 Å². The molecule has 88 valence electrons. The fraction of sp³-hybridized carbons (Fsp3) is 0.0909. The van der Waals surface area contributed by atoms with E-state index in [1.165, 1.54) is 0 Å². The van der Waals surface area contributed by atoms with Crippen LogP contribution in [0.4, 0.5) is 21.8 Å². The van der Waals surface area contributed by atoms with Crippen molar-refractivity contribution in [1.29, 1.82) is 0 Å². The lowest BCUT2D eigenvalue weighted by atomic mass is 10.2. The maximum Gasteiger partial charge on any atom is 0.222 e. The molecule has 17 heavy (non-hydrogen) atoms. The molecule has 0 atom stereocenters. The van der Waals surface area contributed by atoms with Crippen LogP contribution in [0, 0.1) is 12.7 Å². The van der Waals surface area contributed by atoms with Gasteiger partial charge in [-0.2, -0.15) is 4.98 Å². The molecule has 0 aliphatic carbocycles. The first-order valence-electron chi connectivity index (χ1n) is 4.87. The van der Waals surface area contributed by atoms with Gasteiger partial charge in [-0.3, -0.25) is 0 Å². The third-order valence-corrected chi connectivity index (χ3v) is 2.60. The van der Waals surface area contributed by atoms with Crippen LogP contribution in [0.2, 0.25) is 5.02 Å². The molecule has 2 rings (SSSR count). The number of nitrogen functional groups attached to an aromatic ring is 1. The van der Waals surface area contributed by atoms with E-state index in [2.05, 4.69) is 15.3 Å². The molecule has 0 spiro atoms. The van der Waals surface area contributed by atoms with Gasteiger partial charge in [-0.05, 0) is 24.6 Å². The third kappa shape index (κ3) is 2.62. The van der Waals surface area contributed by atoms with Gasteiger partial charge in [0.1, 0.15) is 0 Å². The van der Waals surface area contributed by atoms with Crippen LogP contribution in [0.3, 0.4) is 0 Å². The summed E-state index contributed by atoms with van der Waals surface area (Å²) in [6, 6.07) is 5.29. The van der Waals surface area contributed by atoms with E-state index in [-0.39, 0.29) is 11.8 Å². The van der Waals surface area contributed by atoms with Gasteiger partial charge in [-0.1, -0.05) is 17.7 Å². The van der Waals surface area contributed by atoms with Crippen LogP contribution in [0.25, 0.3) is 0 Å². The average Bonchev–Trinajstić information content (AvgIpc) is 2.29. The molecule has 1 heterocycles. The largest absolute Gasteiger partial charge is 0.368 e. The zero-order chi connectivity index (χ0) is 12.4. The fourth-order valence-corrected chi connectivity index (χ4v) is 1.46. The molecule has 4 nitrogen and oxygen atoms in total. The molecule has 1 aromatic carbocycles. The van der Waals surface area contributed by atoms with Crippen LogP contribution < -0.4 is 11.1 Å². The molecule has 1 aromatic heterocycles. The summed E-state index contributed by atoms with van der Waals surface area (Å²) in [6.07, 6.45) is 1.01. The lowest BCUT2D eigenvalue weighted by molar-refractivity contribution is 0.620. The highest BCUT2D eigenvalue weighted by atomic mass is 35.5. The van der Waals surface area contributed by atoms with Crippen molar-refractivity contribution in [3.63, 3.8) is 0 Å². The minimum atomic E-state index is -0.573. The van der Waals surface area contributed by atoms with Crippen molar-refractivity contribution >= 4 is 29.1 Å². The van der Waals surface area contributed by atoms with Gasteiger partial charge in [0.25, 0.3) is 0 Å². The molecule has 0 bridgehead atoms. The molecular weight excluding hydrogens is 243 g/mol. The smallest absolute Gasteiger partial charge is 0.222 e. The molecule has 0 unspecified atom stereocenters. The predicted molar refractivity (Wildman–Crippen MR) is 65.9 cm³/mol. The Balaban J connectivity index is 2.31. The van der Waals surface area contributed by atoms with Crippen LogP contribution in [-0.4, -0.2) is 9.97 Å². The van der Waals surface area contributed by atoms with E-state index in [1.807, 2.05) is 13.0 Å². The molecule has 0 radical (unpaired) electrons. The van der Waals surface area contributed by atoms with E-state index < -0.39 is 5.82 Å². The second-order valence-electron chi connectivity index (χ2n) is 3.51. The maximum absolute atomic E-state index is 13.4. The zero-order valence-electron chi connectivity index (χ0n) is 9.04. The number of hydrogen-bond donors (Lipinski definition) is 2. The number of benzene rings is 1. The van der Waals surface area contributed by atoms with Crippen molar-refractivity contribution in [1.82, 2.24) is 9.97 Å². The normalized spacial score (nSPS) is 10.3. The number of nitrogens with two attached hydrogens (primary N) is 1. The van der Waals surface area contributed by atoms with E-state index in [9.17, 15) is 4.39 Å². The number of hydrogen-bond acceptors (Lipinski definition) is 4. The number of aromatic nitrogens is 2. The van der Waals surface area contributed by atoms with E-state index in [0.717, 1.165) is 11.8 Å². The second kappa shape index (κ2) is 4.55. The van der Waals surface area contributed by atoms with Gasteiger partial charge in [0, 0.05) is 10.7 Å². The zero-order valence-corrected chi connectivity index (χ0v) is 9.79. The molecule has 0 saturated carbocycles. The number of nitrogens with zero attached hydrogens (tertiary/aromatic N) is 2. The number of nitrogens with one attached hydrogen (secondary N) is 1. The topological polar surface area (TPSA) is 63.8 Å². The Kier molecular flexibility index (Phi) is 3.10. The first-order valence-corrected chi connectivity index (χ1v) is 5.25. The van der Waals surface area contributed by atoms with E-state index in [4.69, 9.17) is 17.3 Å². The van der Waals surface area contributed by atoms with E-state index in [1.54, 1.807) is 12.1 Å². The summed E-state index contributed by atoms with van der Waals surface area (Å²) in [5.74, 6) is -0.541. The second-order valence-corrected chi connectivity index (χ2v) is 3.92. The monoisotopic (exact) mass is 252 g/mol. The van der Waals surface area contributed by atoms with Crippen LogP contribution in [0.1, 0.15) is 5.56 Å². The average molecular weight is 253 g/mol. The summed E-state index contributed by atoms with van der Waals surface area (Å²) in [6.45, 7) is 1.88. The highest BCUT2D eigenvalue weighted by Crippen LogP contribution is 2.23. The van der Waals surface area contributed by atoms with Crippen LogP contribution >= 0.6 is 11.6 Å². The molecule has 0 fully saturated rings. The number of anilines is 3. The summed E-state index contributed by atoms with van der Waals surface area (Å²) in [4.78, 5) is 7.30. The van der Waals surface area contributed by atoms with Gasteiger partial charge in [-0.15, -0.1) is 0 Å². The van der Waals surface area contributed by atoms with Gasteiger partial charge < -0.3 is 11.1 Å². The first-order chi connectivity index (χ1) is 8.06. The molecule has 0 aliphatic rings. The molecule has 3 N–H and O–H groups in total. The SMILES string of the molecule is Cc1ccc(Nc2nc(N)ncc2F)cc1Cl. The fourth-order valence-electron chi connectivity index (χ4n) is 1.28. The number of halogens is 2. The molecular formula is C11H10ClFN4. The molecule has 6 heteroatoms. The first kappa shape index (κ1) is 11.6. The van der Waals surface area contributed by atoms with Crippen molar-refractivity contribution in [3.8, 4) is 0 Å².